The van der Waals surface area contributed by atoms with E-state index in [9.17, 15) is 4.79 Å². The van der Waals surface area contributed by atoms with Crippen molar-refractivity contribution < 1.29 is 4.79 Å². The molecule has 0 saturated heterocycles. The van der Waals surface area contributed by atoms with Crippen molar-refractivity contribution in [2.75, 3.05) is 13.1 Å². The molecule has 0 aromatic rings. The topological polar surface area (TPSA) is 41.1 Å². The van der Waals surface area contributed by atoms with Gasteiger partial charge in [-0.15, -0.1) is 0 Å². The van der Waals surface area contributed by atoms with E-state index in [4.69, 9.17) is 0 Å². The van der Waals surface area contributed by atoms with Crippen LogP contribution in [0, 0.1) is 11.8 Å². The lowest BCUT2D eigenvalue weighted by Gasteiger charge is -2.09. The minimum Gasteiger partial charge on any atom is -0.338 e. The van der Waals surface area contributed by atoms with E-state index in [0.717, 1.165) is 25.9 Å². The van der Waals surface area contributed by atoms with E-state index >= 15 is 0 Å². The Morgan fingerprint density at radius 3 is 1.57 bits per heavy atom. The summed E-state index contributed by atoms with van der Waals surface area (Å²) in [6.45, 7) is 10.1. The standard InChI is InChI=1S/C11H24N2O/c1-9(2)5-7-12-11(14)13-8-6-10(3)4/h9-10H,5-8H2,1-4H3,(H2,12,13,14). The number of carbonyl (C=O) groups excluding carboxylic acids is 1. The zero-order valence-electron chi connectivity index (χ0n) is 9.89. The number of hydrogen-bond donors (Lipinski definition) is 2. The molecule has 0 spiro atoms. The van der Waals surface area contributed by atoms with Gasteiger partial charge >= 0.3 is 6.03 Å². The van der Waals surface area contributed by atoms with E-state index in [0.29, 0.717) is 11.8 Å². The quantitative estimate of drug-likeness (QED) is 0.679. The van der Waals surface area contributed by atoms with Crippen LogP contribution in [-0.2, 0) is 0 Å². The molecule has 0 radical (unpaired) electrons. The Morgan fingerprint density at radius 1 is 0.929 bits per heavy atom. The molecule has 0 aliphatic heterocycles. The molecule has 0 atom stereocenters. The third-order valence-electron chi connectivity index (χ3n) is 2.01. The van der Waals surface area contributed by atoms with E-state index in [1.807, 2.05) is 0 Å². The maximum Gasteiger partial charge on any atom is 0.314 e. The summed E-state index contributed by atoms with van der Waals surface area (Å²) in [6, 6.07) is -0.0358. The van der Waals surface area contributed by atoms with Crippen molar-refractivity contribution >= 4 is 6.03 Å². The van der Waals surface area contributed by atoms with Crippen LogP contribution in [0.1, 0.15) is 40.5 Å². The van der Waals surface area contributed by atoms with Crippen LogP contribution in [-0.4, -0.2) is 19.1 Å². The third kappa shape index (κ3) is 9.36. The summed E-state index contributed by atoms with van der Waals surface area (Å²) in [6.07, 6.45) is 2.08. The summed E-state index contributed by atoms with van der Waals surface area (Å²) in [5.74, 6) is 1.29. The zero-order chi connectivity index (χ0) is 11.0. The molecule has 0 aliphatic carbocycles. The van der Waals surface area contributed by atoms with Crippen LogP contribution in [0.25, 0.3) is 0 Å². The maximum atomic E-state index is 11.2. The summed E-state index contributed by atoms with van der Waals surface area (Å²) in [5, 5.41) is 5.68. The van der Waals surface area contributed by atoms with Crippen molar-refractivity contribution in [3.8, 4) is 0 Å². The summed E-state index contributed by atoms with van der Waals surface area (Å²) >= 11 is 0. The highest BCUT2D eigenvalue weighted by molar-refractivity contribution is 5.73. The Morgan fingerprint density at radius 2 is 1.29 bits per heavy atom. The van der Waals surface area contributed by atoms with E-state index in [2.05, 4.69) is 38.3 Å². The van der Waals surface area contributed by atoms with Gasteiger partial charge in [-0.3, -0.25) is 0 Å². The zero-order valence-corrected chi connectivity index (χ0v) is 9.89. The second-order valence-corrected chi connectivity index (χ2v) is 4.55. The average molecular weight is 200 g/mol. The van der Waals surface area contributed by atoms with Gasteiger partial charge in [0, 0.05) is 13.1 Å². The molecule has 0 aromatic heterocycles. The first-order valence-corrected chi connectivity index (χ1v) is 5.54. The van der Waals surface area contributed by atoms with E-state index < -0.39 is 0 Å². The van der Waals surface area contributed by atoms with Crippen molar-refractivity contribution in [1.82, 2.24) is 10.6 Å². The minimum atomic E-state index is -0.0358. The normalized spacial score (nSPS) is 10.7. The number of carbonyl (C=O) groups is 1. The SMILES string of the molecule is CC(C)CCNC(=O)NCCC(C)C. The van der Waals surface area contributed by atoms with Gasteiger partial charge in [-0.25, -0.2) is 4.79 Å². The molecule has 84 valence electrons. The maximum absolute atomic E-state index is 11.2. The summed E-state index contributed by atoms with van der Waals surface area (Å²) in [7, 11) is 0. The van der Waals surface area contributed by atoms with Crippen LogP contribution >= 0.6 is 0 Å². The lowest BCUT2D eigenvalue weighted by atomic mass is 10.1. The summed E-state index contributed by atoms with van der Waals surface area (Å²) < 4.78 is 0. The van der Waals surface area contributed by atoms with Gasteiger partial charge in [0.2, 0.25) is 0 Å². The smallest absolute Gasteiger partial charge is 0.314 e. The summed E-state index contributed by atoms with van der Waals surface area (Å²) in [5.41, 5.74) is 0. The largest absolute Gasteiger partial charge is 0.338 e. The van der Waals surface area contributed by atoms with Gasteiger partial charge in [0.25, 0.3) is 0 Å². The Balaban J connectivity index is 3.28. The van der Waals surface area contributed by atoms with E-state index in [-0.39, 0.29) is 6.03 Å². The van der Waals surface area contributed by atoms with Gasteiger partial charge in [-0.2, -0.15) is 0 Å². The average Bonchev–Trinajstić information content (AvgIpc) is 2.02. The molecule has 0 aliphatic rings. The molecule has 0 unspecified atom stereocenters. The summed E-state index contributed by atoms with van der Waals surface area (Å²) in [4.78, 5) is 11.2. The van der Waals surface area contributed by atoms with Gasteiger partial charge in [0.1, 0.15) is 0 Å². The molecule has 2 amide bonds. The monoisotopic (exact) mass is 200 g/mol. The highest BCUT2D eigenvalue weighted by Gasteiger charge is 2.00. The molecular weight excluding hydrogens is 176 g/mol. The second kappa shape index (κ2) is 7.65. The molecular formula is C11H24N2O. The molecule has 14 heavy (non-hydrogen) atoms. The van der Waals surface area contributed by atoms with Crippen LogP contribution in [0.3, 0.4) is 0 Å². The highest BCUT2D eigenvalue weighted by Crippen LogP contribution is 1.97. The molecule has 3 nitrogen and oxygen atoms in total. The second-order valence-electron chi connectivity index (χ2n) is 4.55. The number of rotatable bonds is 6. The number of nitrogens with one attached hydrogen (secondary N) is 2. The molecule has 0 saturated carbocycles. The first-order chi connectivity index (χ1) is 6.52. The van der Waals surface area contributed by atoms with Gasteiger partial charge in [-0.05, 0) is 24.7 Å². The number of amides is 2. The molecule has 0 rings (SSSR count). The fourth-order valence-electron chi connectivity index (χ4n) is 1.01. The van der Waals surface area contributed by atoms with Crippen molar-refractivity contribution in [3.05, 3.63) is 0 Å². The van der Waals surface area contributed by atoms with Crippen molar-refractivity contribution in [2.24, 2.45) is 11.8 Å². The van der Waals surface area contributed by atoms with Crippen molar-refractivity contribution in [1.29, 1.82) is 0 Å². The van der Waals surface area contributed by atoms with E-state index in [1.165, 1.54) is 0 Å². The molecule has 0 aromatic carbocycles. The van der Waals surface area contributed by atoms with Crippen LogP contribution < -0.4 is 10.6 Å². The van der Waals surface area contributed by atoms with Gasteiger partial charge < -0.3 is 10.6 Å². The Hall–Kier alpha value is -0.730. The van der Waals surface area contributed by atoms with Crippen LogP contribution in [0.4, 0.5) is 4.79 Å². The number of hydrogen-bond acceptors (Lipinski definition) is 1. The fourth-order valence-corrected chi connectivity index (χ4v) is 1.01. The minimum absolute atomic E-state index is 0.0358. The Kier molecular flexibility index (Phi) is 7.25. The number of urea groups is 1. The van der Waals surface area contributed by atoms with Gasteiger partial charge in [-0.1, -0.05) is 27.7 Å². The van der Waals surface area contributed by atoms with Crippen molar-refractivity contribution in [2.45, 2.75) is 40.5 Å². The molecule has 2 N–H and O–H groups in total. The third-order valence-corrected chi connectivity index (χ3v) is 2.01. The van der Waals surface area contributed by atoms with Crippen LogP contribution in [0.5, 0.6) is 0 Å². The lowest BCUT2D eigenvalue weighted by molar-refractivity contribution is 0.239. The first kappa shape index (κ1) is 13.3. The molecule has 3 heteroatoms. The predicted octanol–water partition coefficient (Wildman–Crippen LogP) is 2.38. The lowest BCUT2D eigenvalue weighted by Crippen LogP contribution is -2.37. The predicted molar refractivity (Wildman–Crippen MR) is 60.3 cm³/mol. The van der Waals surface area contributed by atoms with Crippen LogP contribution in [0.15, 0.2) is 0 Å². The van der Waals surface area contributed by atoms with Gasteiger partial charge in [0.05, 0.1) is 0 Å². The highest BCUT2D eigenvalue weighted by atomic mass is 16.2. The van der Waals surface area contributed by atoms with Gasteiger partial charge in [0.15, 0.2) is 0 Å². The molecule has 0 fully saturated rings. The fraction of sp³-hybridized carbons (Fsp3) is 0.909. The first-order valence-electron chi connectivity index (χ1n) is 5.54. The van der Waals surface area contributed by atoms with E-state index in [1.54, 1.807) is 0 Å². The molecule has 0 heterocycles. The van der Waals surface area contributed by atoms with Crippen molar-refractivity contribution in [3.63, 3.8) is 0 Å². The Bertz CT molecular complexity index is 139. The van der Waals surface area contributed by atoms with Crippen LogP contribution in [0.2, 0.25) is 0 Å². The Labute approximate surface area is 87.6 Å². The molecule has 0 bridgehead atoms.